The molecule has 0 rings (SSSR count). The van der Waals surface area contributed by atoms with Crippen LogP contribution < -0.4 is 0 Å². The maximum Gasteiger partial charge on any atom is 0.0574 e. The number of unbranched alkanes of at least 4 members (excludes halogenated alkanes) is 1. The van der Waals surface area contributed by atoms with E-state index in [-0.39, 0.29) is 6.10 Å². The van der Waals surface area contributed by atoms with Crippen molar-refractivity contribution in [1.82, 2.24) is 0 Å². The fourth-order valence-corrected chi connectivity index (χ4v) is 0.989. The van der Waals surface area contributed by atoms with Gasteiger partial charge < -0.3 is 5.11 Å². The molecule has 0 aromatic rings. The molecule has 0 spiro atoms. The van der Waals surface area contributed by atoms with Gasteiger partial charge in [0.15, 0.2) is 0 Å². The summed E-state index contributed by atoms with van der Waals surface area (Å²) in [5.41, 5.74) is 0. The SMILES string of the molecule is CCC/C=C/CC(O)CCC. The zero-order chi connectivity index (χ0) is 8.53. The van der Waals surface area contributed by atoms with E-state index < -0.39 is 0 Å². The summed E-state index contributed by atoms with van der Waals surface area (Å²) in [7, 11) is 0. The summed E-state index contributed by atoms with van der Waals surface area (Å²) in [6.07, 6.45) is 9.28. The summed E-state index contributed by atoms with van der Waals surface area (Å²) in [6.45, 7) is 4.26. The van der Waals surface area contributed by atoms with Crippen LogP contribution in [0.15, 0.2) is 12.2 Å². The molecule has 0 saturated heterocycles. The summed E-state index contributed by atoms with van der Waals surface area (Å²) < 4.78 is 0. The molecule has 1 unspecified atom stereocenters. The largest absolute Gasteiger partial charge is 0.393 e. The Morgan fingerprint density at radius 1 is 1.18 bits per heavy atom. The number of aliphatic hydroxyl groups excluding tert-OH is 1. The van der Waals surface area contributed by atoms with Crippen LogP contribution >= 0.6 is 0 Å². The molecule has 0 fully saturated rings. The van der Waals surface area contributed by atoms with E-state index in [4.69, 9.17) is 0 Å². The Kier molecular flexibility index (Phi) is 7.59. The van der Waals surface area contributed by atoms with Gasteiger partial charge >= 0.3 is 0 Å². The Balaban J connectivity index is 3.21. The van der Waals surface area contributed by atoms with E-state index in [1.807, 2.05) is 0 Å². The molecular formula is C10H20O. The van der Waals surface area contributed by atoms with Crippen molar-refractivity contribution in [2.24, 2.45) is 0 Å². The molecule has 1 atom stereocenters. The summed E-state index contributed by atoms with van der Waals surface area (Å²) in [6, 6.07) is 0. The van der Waals surface area contributed by atoms with Crippen molar-refractivity contribution in [2.45, 2.75) is 52.1 Å². The maximum atomic E-state index is 9.30. The fourth-order valence-electron chi connectivity index (χ4n) is 0.989. The number of aliphatic hydroxyl groups is 1. The van der Waals surface area contributed by atoms with Gasteiger partial charge in [0.2, 0.25) is 0 Å². The summed E-state index contributed by atoms with van der Waals surface area (Å²) >= 11 is 0. The van der Waals surface area contributed by atoms with Crippen molar-refractivity contribution in [3.8, 4) is 0 Å². The molecule has 0 radical (unpaired) electrons. The summed E-state index contributed by atoms with van der Waals surface area (Å²) in [5, 5.41) is 9.30. The highest BCUT2D eigenvalue weighted by atomic mass is 16.3. The molecule has 0 aromatic heterocycles. The number of rotatable bonds is 6. The Morgan fingerprint density at radius 3 is 2.45 bits per heavy atom. The van der Waals surface area contributed by atoms with Crippen LogP contribution in [0.1, 0.15) is 46.0 Å². The van der Waals surface area contributed by atoms with Gasteiger partial charge in [-0.05, 0) is 19.3 Å². The predicted octanol–water partition coefficient (Wildman–Crippen LogP) is 2.89. The van der Waals surface area contributed by atoms with Gasteiger partial charge in [0.25, 0.3) is 0 Å². The van der Waals surface area contributed by atoms with Crippen LogP contribution in [0.3, 0.4) is 0 Å². The third-order valence-electron chi connectivity index (χ3n) is 1.65. The average molecular weight is 156 g/mol. The quantitative estimate of drug-likeness (QED) is 0.586. The van der Waals surface area contributed by atoms with Crippen molar-refractivity contribution >= 4 is 0 Å². The molecule has 0 aromatic carbocycles. The minimum absolute atomic E-state index is 0.117. The van der Waals surface area contributed by atoms with Crippen molar-refractivity contribution in [3.05, 3.63) is 12.2 Å². The molecule has 0 aliphatic heterocycles. The predicted molar refractivity (Wildman–Crippen MR) is 49.6 cm³/mol. The lowest BCUT2D eigenvalue weighted by Gasteiger charge is -2.03. The highest BCUT2D eigenvalue weighted by molar-refractivity contribution is 4.83. The van der Waals surface area contributed by atoms with Gasteiger partial charge in [-0.15, -0.1) is 0 Å². The Bertz CT molecular complexity index is 97.0. The topological polar surface area (TPSA) is 20.2 Å². The van der Waals surface area contributed by atoms with Gasteiger partial charge in [-0.25, -0.2) is 0 Å². The maximum absolute atomic E-state index is 9.30. The molecular weight excluding hydrogens is 136 g/mol. The van der Waals surface area contributed by atoms with E-state index in [1.54, 1.807) is 0 Å². The highest BCUT2D eigenvalue weighted by Crippen LogP contribution is 2.02. The number of hydrogen-bond donors (Lipinski definition) is 1. The Morgan fingerprint density at radius 2 is 1.91 bits per heavy atom. The van der Waals surface area contributed by atoms with Crippen LogP contribution in [-0.4, -0.2) is 11.2 Å². The van der Waals surface area contributed by atoms with Gasteiger partial charge in [0, 0.05) is 0 Å². The van der Waals surface area contributed by atoms with Gasteiger partial charge in [-0.3, -0.25) is 0 Å². The van der Waals surface area contributed by atoms with Crippen LogP contribution in [0.5, 0.6) is 0 Å². The monoisotopic (exact) mass is 156 g/mol. The van der Waals surface area contributed by atoms with Crippen molar-refractivity contribution < 1.29 is 5.11 Å². The molecule has 1 N–H and O–H groups in total. The highest BCUT2D eigenvalue weighted by Gasteiger charge is 1.97. The molecule has 0 aliphatic carbocycles. The minimum Gasteiger partial charge on any atom is -0.393 e. The van der Waals surface area contributed by atoms with Crippen molar-refractivity contribution in [1.29, 1.82) is 0 Å². The van der Waals surface area contributed by atoms with E-state index in [9.17, 15) is 5.11 Å². The zero-order valence-corrected chi connectivity index (χ0v) is 7.71. The zero-order valence-electron chi connectivity index (χ0n) is 7.71. The van der Waals surface area contributed by atoms with E-state index in [2.05, 4.69) is 26.0 Å². The third-order valence-corrected chi connectivity index (χ3v) is 1.65. The Labute approximate surface area is 70.1 Å². The first-order valence-electron chi connectivity index (χ1n) is 4.64. The number of allylic oxidation sites excluding steroid dienone is 1. The average Bonchev–Trinajstić information content (AvgIpc) is 1.99. The van der Waals surface area contributed by atoms with E-state index in [1.165, 1.54) is 6.42 Å². The first-order valence-corrected chi connectivity index (χ1v) is 4.64. The molecule has 0 heterocycles. The minimum atomic E-state index is -0.117. The Hall–Kier alpha value is -0.300. The molecule has 0 saturated carbocycles. The second kappa shape index (κ2) is 7.80. The van der Waals surface area contributed by atoms with Crippen LogP contribution in [0.2, 0.25) is 0 Å². The van der Waals surface area contributed by atoms with Crippen LogP contribution in [-0.2, 0) is 0 Å². The smallest absolute Gasteiger partial charge is 0.0574 e. The first-order chi connectivity index (χ1) is 5.31. The van der Waals surface area contributed by atoms with Gasteiger partial charge in [0.1, 0.15) is 0 Å². The molecule has 0 aliphatic rings. The van der Waals surface area contributed by atoms with Gasteiger partial charge in [-0.2, -0.15) is 0 Å². The molecule has 0 amide bonds. The second-order valence-corrected chi connectivity index (χ2v) is 2.94. The second-order valence-electron chi connectivity index (χ2n) is 2.94. The summed E-state index contributed by atoms with van der Waals surface area (Å²) in [4.78, 5) is 0. The van der Waals surface area contributed by atoms with Gasteiger partial charge in [-0.1, -0.05) is 38.8 Å². The molecule has 1 nitrogen and oxygen atoms in total. The standard InChI is InChI=1S/C10H20O/c1-3-5-6-7-9-10(11)8-4-2/h6-7,10-11H,3-5,8-9H2,1-2H3/b7-6+. The molecule has 11 heavy (non-hydrogen) atoms. The van der Waals surface area contributed by atoms with Crippen LogP contribution in [0.4, 0.5) is 0 Å². The van der Waals surface area contributed by atoms with Crippen molar-refractivity contribution in [3.63, 3.8) is 0 Å². The third kappa shape index (κ3) is 7.60. The van der Waals surface area contributed by atoms with Crippen LogP contribution in [0.25, 0.3) is 0 Å². The lowest BCUT2D eigenvalue weighted by atomic mass is 10.1. The number of hydrogen-bond acceptors (Lipinski definition) is 1. The molecule has 0 bridgehead atoms. The van der Waals surface area contributed by atoms with Crippen LogP contribution in [0, 0.1) is 0 Å². The lowest BCUT2D eigenvalue weighted by molar-refractivity contribution is 0.166. The summed E-state index contributed by atoms with van der Waals surface area (Å²) in [5.74, 6) is 0. The normalized spacial score (nSPS) is 14.1. The van der Waals surface area contributed by atoms with Crippen molar-refractivity contribution in [2.75, 3.05) is 0 Å². The molecule has 1 heteroatoms. The molecule has 66 valence electrons. The van der Waals surface area contributed by atoms with E-state index in [0.29, 0.717) is 0 Å². The lowest BCUT2D eigenvalue weighted by Crippen LogP contribution is -2.02. The van der Waals surface area contributed by atoms with Gasteiger partial charge in [0.05, 0.1) is 6.10 Å². The fraction of sp³-hybridized carbons (Fsp3) is 0.800. The first kappa shape index (κ1) is 10.7. The van der Waals surface area contributed by atoms with E-state index >= 15 is 0 Å². The van der Waals surface area contributed by atoms with E-state index in [0.717, 1.165) is 25.7 Å².